The lowest BCUT2D eigenvalue weighted by Gasteiger charge is -2.36. The number of benzene rings is 1. The van der Waals surface area contributed by atoms with Gasteiger partial charge in [-0.2, -0.15) is 0 Å². The Morgan fingerprint density at radius 3 is 2.54 bits per heavy atom. The standard InChI is InChI=1S/C17H23NO5S/c1-2-23-13-3-5-14(6-4-13)24-12-15(19)18-17(11-16(20)21)7-9-22-10-8-17/h3-6H,2,7-12H2,1H3,(H,18,19)(H,20,21). The van der Waals surface area contributed by atoms with E-state index in [0.29, 0.717) is 32.7 Å². The minimum absolute atomic E-state index is 0.0736. The van der Waals surface area contributed by atoms with Gasteiger partial charge in [-0.25, -0.2) is 0 Å². The van der Waals surface area contributed by atoms with Gasteiger partial charge in [-0.3, -0.25) is 9.59 Å². The third kappa shape index (κ3) is 5.72. The number of nitrogens with one attached hydrogen (secondary N) is 1. The Balaban J connectivity index is 1.87. The van der Waals surface area contributed by atoms with E-state index >= 15 is 0 Å². The summed E-state index contributed by atoms with van der Waals surface area (Å²) >= 11 is 1.42. The Kier molecular flexibility index (Phi) is 6.93. The fourth-order valence-electron chi connectivity index (χ4n) is 2.68. The van der Waals surface area contributed by atoms with E-state index in [9.17, 15) is 9.59 Å². The number of carboxylic acids is 1. The number of hydrogen-bond acceptors (Lipinski definition) is 5. The van der Waals surface area contributed by atoms with Crippen molar-refractivity contribution in [1.82, 2.24) is 5.32 Å². The first-order chi connectivity index (χ1) is 11.5. The zero-order valence-corrected chi connectivity index (χ0v) is 14.6. The van der Waals surface area contributed by atoms with Gasteiger partial charge in [0.05, 0.1) is 24.3 Å². The van der Waals surface area contributed by atoms with E-state index in [1.165, 1.54) is 11.8 Å². The molecule has 0 atom stereocenters. The Hall–Kier alpha value is -1.73. The fourth-order valence-corrected chi connectivity index (χ4v) is 3.38. The number of thioether (sulfide) groups is 1. The maximum Gasteiger partial charge on any atom is 0.305 e. The number of hydrogen-bond donors (Lipinski definition) is 2. The van der Waals surface area contributed by atoms with Crippen LogP contribution in [-0.4, -0.2) is 48.1 Å². The van der Waals surface area contributed by atoms with Crippen LogP contribution in [0.5, 0.6) is 5.75 Å². The minimum Gasteiger partial charge on any atom is -0.494 e. The van der Waals surface area contributed by atoms with Crippen molar-refractivity contribution in [3.05, 3.63) is 24.3 Å². The molecule has 2 N–H and O–H groups in total. The number of amides is 1. The second-order valence-electron chi connectivity index (χ2n) is 5.70. The molecule has 24 heavy (non-hydrogen) atoms. The summed E-state index contributed by atoms with van der Waals surface area (Å²) in [5, 5.41) is 12.0. The van der Waals surface area contributed by atoms with E-state index in [2.05, 4.69) is 5.32 Å². The first-order valence-electron chi connectivity index (χ1n) is 7.99. The highest BCUT2D eigenvalue weighted by molar-refractivity contribution is 8.00. The molecule has 1 aromatic rings. The summed E-state index contributed by atoms with van der Waals surface area (Å²) in [5.41, 5.74) is -0.694. The third-order valence-corrected chi connectivity index (χ3v) is 4.86. The van der Waals surface area contributed by atoms with E-state index in [0.717, 1.165) is 10.6 Å². The van der Waals surface area contributed by atoms with Gasteiger partial charge in [0.25, 0.3) is 0 Å². The van der Waals surface area contributed by atoms with E-state index < -0.39 is 11.5 Å². The molecule has 1 fully saturated rings. The molecule has 0 unspecified atom stereocenters. The highest BCUT2D eigenvalue weighted by Gasteiger charge is 2.36. The van der Waals surface area contributed by atoms with Gasteiger partial charge >= 0.3 is 5.97 Å². The molecule has 6 nitrogen and oxygen atoms in total. The number of aliphatic carboxylic acids is 1. The summed E-state index contributed by atoms with van der Waals surface area (Å²) in [6.07, 6.45) is 0.980. The normalized spacial score (nSPS) is 16.4. The molecule has 2 rings (SSSR count). The zero-order valence-electron chi connectivity index (χ0n) is 13.7. The van der Waals surface area contributed by atoms with Gasteiger partial charge in [-0.15, -0.1) is 11.8 Å². The molecule has 0 aliphatic carbocycles. The van der Waals surface area contributed by atoms with E-state index in [1.54, 1.807) is 0 Å². The van der Waals surface area contributed by atoms with Crippen molar-refractivity contribution in [1.29, 1.82) is 0 Å². The molecule has 0 spiro atoms. The smallest absolute Gasteiger partial charge is 0.305 e. The molecular formula is C17H23NO5S. The van der Waals surface area contributed by atoms with Gasteiger partial charge < -0.3 is 19.9 Å². The third-order valence-electron chi connectivity index (χ3n) is 3.85. The second-order valence-corrected chi connectivity index (χ2v) is 6.75. The first kappa shape index (κ1) is 18.6. The van der Waals surface area contributed by atoms with E-state index in [1.807, 2.05) is 31.2 Å². The Morgan fingerprint density at radius 1 is 1.29 bits per heavy atom. The van der Waals surface area contributed by atoms with Crippen LogP contribution in [-0.2, 0) is 14.3 Å². The van der Waals surface area contributed by atoms with Gasteiger partial charge in [0.1, 0.15) is 5.75 Å². The Morgan fingerprint density at radius 2 is 1.96 bits per heavy atom. The van der Waals surface area contributed by atoms with Gasteiger partial charge in [0, 0.05) is 18.1 Å². The number of carbonyl (C=O) groups is 2. The molecule has 7 heteroatoms. The highest BCUT2D eigenvalue weighted by atomic mass is 32.2. The average molecular weight is 353 g/mol. The molecule has 1 saturated heterocycles. The number of ether oxygens (including phenoxy) is 2. The van der Waals surface area contributed by atoms with Crippen LogP contribution < -0.4 is 10.1 Å². The summed E-state index contributed by atoms with van der Waals surface area (Å²) in [7, 11) is 0. The molecule has 132 valence electrons. The maximum absolute atomic E-state index is 12.3. The minimum atomic E-state index is -0.906. The van der Waals surface area contributed by atoms with Crippen molar-refractivity contribution in [2.45, 2.75) is 36.6 Å². The van der Waals surface area contributed by atoms with Gasteiger partial charge in [-0.05, 0) is 44.0 Å². The van der Waals surface area contributed by atoms with Crippen molar-refractivity contribution in [2.24, 2.45) is 0 Å². The topological polar surface area (TPSA) is 84.9 Å². The van der Waals surface area contributed by atoms with Crippen LogP contribution in [0.25, 0.3) is 0 Å². The quantitative estimate of drug-likeness (QED) is 0.698. The molecule has 1 aliphatic rings. The Bertz CT molecular complexity index is 555. The summed E-state index contributed by atoms with van der Waals surface area (Å²) in [6.45, 7) is 3.49. The molecule has 1 heterocycles. The lowest BCUT2D eigenvalue weighted by molar-refractivity contribution is -0.140. The molecule has 0 saturated carbocycles. The highest BCUT2D eigenvalue weighted by Crippen LogP contribution is 2.26. The van der Waals surface area contributed by atoms with Crippen LogP contribution in [0.15, 0.2) is 29.2 Å². The molecule has 1 aromatic carbocycles. The molecule has 0 aromatic heterocycles. The molecule has 0 radical (unpaired) electrons. The maximum atomic E-state index is 12.3. The van der Waals surface area contributed by atoms with Crippen molar-refractivity contribution >= 4 is 23.6 Å². The predicted molar refractivity (Wildman–Crippen MR) is 91.5 cm³/mol. The molecular weight excluding hydrogens is 330 g/mol. The van der Waals surface area contributed by atoms with Crippen LogP contribution >= 0.6 is 11.8 Å². The molecule has 0 bridgehead atoms. The van der Waals surface area contributed by atoms with Crippen LogP contribution in [0.3, 0.4) is 0 Å². The van der Waals surface area contributed by atoms with Crippen LogP contribution in [0, 0.1) is 0 Å². The zero-order chi connectivity index (χ0) is 17.4. The summed E-state index contributed by atoms with van der Waals surface area (Å²) in [4.78, 5) is 24.3. The summed E-state index contributed by atoms with van der Waals surface area (Å²) < 4.78 is 10.7. The number of rotatable bonds is 8. The van der Waals surface area contributed by atoms with Gasteiger partial charge in [0.2, 0.25) is 5.91 Å². The monoisotopic (exact) mass is 353 g/mol. The van der Waals surface area contributed by atoms with Crippen molar-refractivity contribution in [2.75, 3.05) is 25.6 Å². The van der Waals surface area contributed by atoms with Gasteiger partial charge in [-0.1, -0.05) is 0 Å². The SMILES string of the molecule is CCOc1ccc(SCC(=O)NC2(CC(=O)O)CCOCC2)cc1. The number of carboxylic acid groups (broad SMARTS) is 1. The van der Waals surface area contributed by atoms with Gasteiger partial charge in [0.15, 0.2) is 0 Å². The molecule has 1 amide bonds. The van der Waals surface area contributed by atoms with Crippen molar-refractivity contribution in [3.63, 3.8) is 0 Å². The van der Waals surface area contributed by atoms with Crippen molar-refractivity contribution in [3.8, 4) is 5.75 Å². The lowest BCUT2D eigenvalue weighted by atomic mass is 9.86. The first-order valence-corrected chi connectivity index (χ1v) is 8.98. The summed E-state index contributed by atoms with van der Waals surface area (Å²) in [5.74, 6) is -0.0155. The number of carbonyl (C=O) groups excluding carboxylic acids is 1. The summed E-state index contributed by atoms with van der Waals surface area (Å²) in [6, 6.07) is 7.55. The molecule has 1 aliphatic heterocycles. The lowest BCUT2D eigenvalue weighted by Crippen LogP contribution is -2.53. The average Bonchev–Trinajstić information content (AvgIpc) is 2.54. The predicted octanol–water partition coefficient (Wildman–Crippen LogP) is 2.32. The largest absolute Gasteiger partial charge is 0.494 e. The Labute approximate surface area is 145 Å². The van der Waals surface area contributed by atoms with Crippen LogP contribution in [0.2, 0.25) is 0 Å². The van der Waals surface area contributed by atoms with E-state index in [4.69, 9.17) is 14.6 Å². The fraction of sp³-hybridized carbons (Fsp3) is 0.529. The second kappa shape index (κ2) is 8.94. The van der Waals surface area contributed by atoms with Crippen LogP contribution in [0.1, 0.15) is 26.2 Å². The van der Waals surface area contributed by atoms with Crippen molar-refractivity contribution < 1.29 is 24.2 Å². The van der Waals surface area contributed by atoms with Crippen LogP contribution in [0.4, 0.5) is 0 Å². The van der Waals surface area contributed by atoms with E-state index in [-0.39, 0.29) is 18.1 Å².